The van der Waals surface area contributed by atoms with Crippen LogP contribution in [0.5, 0.6) is 0 Å². The van der Waals surface area contributed by atoms with Gasteiger partial charge in [0.1, 0.15) is 23.5 Å². The van der Waals surface area contributed by atoms with Crippen LogP contribution in [0.15, 0.2) is 12.4 Å². The van der Waals surface area contributed by atoms with E-state index in [1.54, 1.807) is 6.07 Å². The van der Waals surface area contributed by atoms with Gasteiger partial charge in [0.05, 0.1) is 12.5 Å². The Balaban J connectivity index is 1.71. The van der Waals surface area contributed by atoms with Crippen LogP contribution in [0.4, 0.5) is 5.82 Å². The van der Waals surface area contributed by atoms with Gasteiger partial charge in [0.15, 0.2) is 0 Å². The van der Waals surface area contributed by atoms with Crippen molar-refractivity contribution in [1.29, 1.82) is 0 Å². The number of anilines is 1. The number of carbonyl (C=O) groups is 1. The molecule has 0 aromatic carbocycles. The predicted octanol–water partition coefficient (Wildman–Crippen LogP) is 2.48. The molecule has 0 amide bonds. The van der Waals surface area contributed by atoms with Gasteiger partial charge in [-0.2, -0.15) is 0 Å². The van der Waals surface area contributed by atoms with E-state index in [1.807, 2.05) is 0 Å². The maximum absolute atomic E-state index is 11.7. The molecular formula is C18H27N5O2. The number of hydrogen-bond acceptors (Lipinski definition) is 6. The molecule has 2 aromatic heterocycles. The Bertz CT molecular complexity index is 741. The van der Waals surface area contributed by atoms with Gasteiger partial charge in [-0.15, -0.1) is 0 Å². The number of nitrogens with zero attached hydrogens (tertiary/aromatic N) is 3. The van der Waals surface area contributed by atoms with E-state index >= 15 is 0 Å². The second-order valence-corrected chi connectivity index (χ2v) is 7.59. The van der Waals surface area contributed by atoms with E-state index in [9.17, 15) is 4.79 Å². The first-order valence-electron chi connectivity index (χ1n) is 8.83. The maximum atomic E-state index is 11.7. The van der Waals surface area contributed by atoms with Crippen LogP contribution in [0.1, 0.15) is 50.0 Å². The third kappa shape index (κ3) is 4.10. The number of aromatic nitrogens is 3. The Kier molecular flexibility index (Phi) is 4.94. The SMILES string of the molecule is COC(=O)c1cc2c(N3CCC(CCC(C)(C)N)CC3)ncnc2[nH]1. The number of hydrogen-bond donors (Lipinski definition) is 2. The molecule has 2 aromatic rings. The Morgan fingerprint density at radius 2 is 2.12 bits per heavy atom. The number of methoxy groups -OCH3 is 1. The molecule has 1 aliphatic rings. The van der Waals surface area contributed by atoms with E-state index in [4.69, 9.17) is 10.5 Å². The van der Waals surface area contributed by atoms with Gasteiger partial charge < -0.3 is 20.4 Å². The normalized spacial score (nSPS) is 16.4. The van der Waals surface area contributed by atoms with Crippen molar-refractivity contribution in [2.45, 2.75) is 45.1 Å². The largest absolute Gasteiger partial charge is 0.464 e. The van der Waals surface area contributed by atoms with Gasteiger partial charge in [-0.1, -0.05) is 0 Å². The molecule has 0 radical (unpaired) electrons. The van der Waals surface area contributed by atoms with E-state index in [0.29, 0.717) is 17.3 Å². The molecule has 0 unspecified atom stereocenters. The zero-order chi connectivity index (χ0) is 18.0. The van der Waals surface area contributed by atoms with E-state index in [0.717, 1.165) is 43.6 Å². The first-order chi connectivity index (χ1) is 11.9. The number of aromatic amines is 1. The molecular weight excluding hydrogens is 318 g/mol. The summed E-state index contributed by atoms with van der Waals surface area (Å²) in [4.78, 5) is 25.7. The quantitative estimate of drug-likeness (QED) is 0.808. The highest BCUT2D eigenvalue weighted by Crippen LogP contribution is 2.30. The molecule has 0 aliphatic carbocycles. The number of nitrogens with two attached hydrogens (primary N) is 1. The van der Waals surface area contributed by atoms with Crippen LogP contribution < -0.4 is 10.6 Å². The molecule has 7 heteroatoms. The minimum absolute atomic E-state index is 0.0919. The molecule has 1 aliphatic heterocycles. The fourth-order valence-corrected chi connectivity index (χ4v) is 3.41. The van der Waals surface area contributed by atoms with Crippen molar-refractivity contribution < 1.29 is 9.53 Å². The summed E-state index contributed by atoms with van der Waals surface area (Å²) in [5.74, 6) is 1.20. The summed E-state index contributed by atoms with van der Waals surface area (Å²) in [6.07, 6.45) is 6.03. The summed E-state index contributed by atoms with van der Waals surface area (Å²) in [5, 5.41) is 0.865. The van der Waals surface area contributed by atoms with E-state index in [-0.39, 0.29) is 5.54 Å². The monoisotopic (exact) mass is 345 g/mol. The highest BCUT2D eigenvalue weighted by atomic mass is 16.5. The minimum Gasteiger partial charge on any atom is -0.464 e. The average Bonchev–Trinajstić information content (AvgIpc) is 3.03. The van der Waals surface area contributed by atoms with E-state index in [1.165, 1.54) is 19.9 Å². The number of ether oxygens (including phenoxy) is 1. The van der Waals surface area contributed by atoms with Crippen molar-refractivity contribution in [2.24, 2.45) is 11.7 Å². The molecule has 0 saturated carbocycles. The molecule has 0 atom stereocenters. The Hall–Kier alpha value is -2.15. The van der Waals surface area contributed by atoms with Crippen molar-refractivity contribution in [1.82, 2.24) is 15.0 Å². The van der Waals surface area contributed by atoms with Crippen LogP contribution in [-0.2, 0) is 4.74 Å². The standard InChI is InChI=1S/C18H27N5O2/c1-18(2,19)7-4-12-5-8-23(9-6-12)16-13-10-14(17(24)25-3)22-15(13)20-11-21-16/h10-12H,4-9,19H2,1-3H3,(H,20,21,22). The van der Waals surface area contributed by atoms with Crippen LogP contribution in [0.25, 0.3) is 11.0 Å². The fraction of sp³-hybridized carbons (Fsp3) is 0.611. The minimum atomic E-state index is -0.396. The van der Waals surface area contributed by atoms with Crippen LogP contribution in [-0.4, -0.2) is 46.7 Å². The van der Waals surface area contributed by atoms with Gasteiger partial charge in [-0.25, -0.2) is 14.8 Å². The molecule has 0 bridgehead atoms. The van der Waals surface area contributed by atoms with Gasteiger partial charge in [0.25, 0.3) is 0 Å². The number of fused-ring (bicyclic) bond motifs is 1. The van der Waals surface area contributed by atoms with Crippen molar-refractivity contribution >= 4 is 22.8 Å². The van der Waals surface area contributed by atoms with Crippen molar-refractivity contribution in [3.8, 4) is 0 Å². The van der Waals surface area contributed by atoms with E-state index in [2.05, 4.69) is 33.7 Å². The number of piperidine rings is 1. The number of H-pyrrole nitrogens is 1. The second-order valence-electron chi connectivity index (χ2n) is 7.59. The lowest BCUT2D eigenvalue weighted by Gasteiger charge is -2.34. The summed E-state index contributed by atoms with van der Waals surface area (Å²) in [7, 11) is 1.37. The zero-order valence-electron chi connectivity index (χ0n) is 15.2. The number of rotatable bonds is 5. The Morgan fingerprint density at radius 1 is 1.40 bits per heavy atom. The van der Waals surface area contributed by atoms with Gasteiger partial charge in [-0.05, 0) is 51.5 Å². The lowest BCUT2D eigenvalue weighted by atomic mass is 9.87. The third-order valence-electron chi connectivity index (χ3n) is 4.92. The van der Waals surface area contributed by atoms with Crippen LogP contribution >= 0.6 is 0 Å². The average molecular weight is 345 g/mol. The predicted molar refractivity (Wildman–Crippen MR) is 97.7 cm³/mol. The van der Waals surface area contributed by atoms with Crippen LogP contribution in [0, 0.1) is 5.92 Å². The van der Waals surface area contributed by atoms with E-state index < -0.39 is 5.97 Å². The van der Waals surface area contributed by atoms with Crippen molar-refractivity contribution in [3.05, 3.63) is 18.1 Å². The topological polar surface area (TPSA) is 97.1 Å². The van der Waals surface area contributed by atoms with Gasteiger partial charge in [0, 0.05) is 18.6 Å². The Morgan fingerprint density at radius 3 is 2.76 bits per heavy atom. The molecule has 3 rings (SSSR count). The van der Waals surface area contributed by atoms with Gasteiger partial charge in [-0.3, -0.25) is 0 Å². The van der Waals surface area contributed by atoms with Crippen molar-refractivity contribution in [2.75, 3.05) is 25.1 Å². The molecule has 7 nitrogen and oxygen atoms in total. The second kappa shape index (κ2) is 7.00. The molecule has 1 fully saturated rings. The lowest BCUT2D eigenvalue weighted by molar-refractivity contribution is 0.0595. The number of esters is 1. The first kappa shape index (κ1) is 17.7. The lowest BCUT2D eigenvalue weighted by Crippen LogP contribution is -2.36. The highest BCUT2D eigenvalue weighted by Gasteiger charge is 2.24. The highest BCUT2D eigenvalue weighted by molar-refractivity contribution is 5.97. The zero-order valence-corrected chi connectivity index (χ0v) is 15.2. The summed E-state index contributed by atoms with van der Waals surface area (Å²) >= 11 is 0. The molecule has 3 N–H and O–H groups in total. The van der Waals surface area contributed by atoms with Crippen LogP contribution in [0.3, 0.4) is 0 Å². The Labute approximate surface area is 148 Å². The molecule has 0 spiro atoms. The maximum Gasteiger partial charge on any atom is 0.354 e. The fourth-order valence-electron chi connectivity index (χ4n) is 3.41. The number of carbonyl (C=O) groups excluding carboxylic acids is 1. The van der Waals surface area contributed by atoms with Gasteiger partial charge in [0.2, 0.25) is 0 Å². The van der Waals surface area contributed by atoms with Crippen molar-refractivity contribution in [3.63, 3.8) is 0 Å². The summed E-state index contributed by atoms with van der Waals surface area (Å²) in [6, 6.07) is 1.78. The van der Waals surface area contributed by atoms with Gasteiger partial charge >= 0.3 is 5.97 Å². The summed E-state index contributed by atoms with van der Waals surface area (Å²) in [5.41, 5.74) is 7.08. The van der Waals surface area contributed by atoms with Crippen LogP contribution in [0.2, 0.25) is 0 Å². The smallest absolute Gasteiger partial charge is 0.354 e. The molecule has 25 heavy (non-hydrogen) atoms. The molecule has 3 heterocycles. The first-order valence-corrected chi connectivity index (χ1v) is 8.83. The number of nitrogens with one attached hydrogen (secondary N) is 1. The molecule has 1 saturated heterocycles. The summed E-state index contributed by atoms with van der Waals surface area (Å²) < 4.78 is 4.78. The molecule has 136 valence electrons. The summed E-state index contributed by atoms with van der Waals surface area (Å²) in [6.45, 7) is 6.09. The third-order valence-corrected chi connectivity index (χ3v) is 4.92.